The molecule has 3 N–H and O–H groups in total. The van der Waals surface area contributed by atoms with Crippen LogP contribution in [0.15, 0.2) is 61.1 Å². The molecule has 0 atom stereocenters. The molecular formula is C37H39F3N8O4. The number of halogens is 3. The number of anilines is 1. The molecule has 5 heterocycles. The minimum Gasteiger partial charge on any atom is -0.493 e. The molecule has 4 aromatic rings. The third-order valence-corrected chi connectivity index (χ3v) is 9.48. The van der Waals surface area contributed by atoms with E-state index in [1.807, 2.05) is 11.0 Å². The quantitative estimate of drug-likeness (QED) is 0.213. The van der Waals surface area contributed by atoms with Gasteiger partial charge in [0.1, 0.15) is 11.5 Å². The summed E-state index contributed by atoms with van der Waals surface area (Å²) < 4.78 is 56.7. The van der Waals surface area contributed by atoms with Crippen LogP contribution in [0.3, 0.4) is 0 Å². The number of ether oxygens (including phenoxy) is 2. The van der Waals surface area contributed by atoms with Gasteiger partial charge in [0.25, 0.3) is 5.91 Å². The summed E-state index contributed by atoms with van der Waals surface area (Å²) in [5, 5.41) is 2.15. The lowest BCUT2D eigenvalue weighted by atomic mass is 9.92. The number of hydrazine groups is 2. The summed E-state index contributed by atoms with van der Waals surface area (Å²) in [5.41, 5.74) is 7.75. The third kappa shape index (κ3) is 6.83. The van der Waals surface area contributed by atoms with Gasteiger partial charge >= 0.3 is 0 Å². The van der Waals surface area contributed by atoms with Crippen molar-refractivity contribution < 1.29 is 32.2 Å². The van der Waals surface area contributed by atoms with Crippen LogP contribution in [-0.4, -0.2) is 96.1 Å². The van der Waals surface area contributed by atoms with E-state index in [9.17, 15) is 14.0 Å². The maximum absolute atomic E-state index is 16.7. The minimum absolute atomic E-state index is 0.0207. The number of hydrogen-bond acceptors (Lipinski definition) is 9. The van der Waals surface area contributed by atoms with E-state index >= 15 is 8.78 Å². The molecule has 0 saturated carbocycles. The summed E-state index contributed by atoms with van der Waals surface area (Å²) in [6.07, 6.45) is 7.34. The summed E-state index contributed by atoms with van der Waals surface area (Å²) in [6, 6.07) is 9.08. The number of aromatic amines is 1. The number of benzene rings is 2. The fourth-order valence-electron chi connectivity index (χ4n) is 6.88. The Balaban J connectivity index is 1.20. The Morgan fingerprint density at radius 3 is 2.56 bits per heavy atom. The fraction of sp³-hybridized carbons (Fsp3) is 0.324. The zero-order valence-electron chi connectivity index (χ0n) is 28.8. The van der Waals surface area contributed by atoms with Gasteiger partial charge in [0.2, 0.25) is 5.91 Å². The van der Waals surface area contributed by atoms with E-state index in [0.717, 1.165) is 6.20 Å². The van der Waals surface area contributed by atoms with Gasteiger partial charge in [-0.05, 0) is 42.7 Å². The molecule has 0 unspecified atom stereocenters. The number of hydrogen-bond donors (Lipinski definition) is 3. The molecule has 2 aromatic carbocycles. The molecular weight excluding hydrogens is 677 g/mol. The molecule has 1 fully saturated rings. The summed E-state index contributed by atoms with van der Waals surface area (Å²) in [5.74, 6) is -1.26. The van der Waals surface area contributed by atoms with Crippen LogP contribution in [0.4, 0.5) is 19.0 Å². The first kappa shape index (κ1) is 34.7. The monoisotopic (exact) mass is 716 g/mol. The smallest absolute Gasteiger partial charge is 0.270 e. The normalized spacial score (nSPS) is 16.0. The number of aromatic nitrogens is 2. The second-order valence-electron chi connectivity index (χ2n) is 12.6. The molecule has 2 aromatic heterocycles. The maximum atomic E-state index is 16.7. The van der Waals surface area contributed by atoms with Crippen molar-refractivity contribution in [2.45, 2.75) is 19.8 Å². The molecule has 272 valence electrons. The van der Waals surface area contributed by atoms with Crippen molar-refractivity contribution >= 4 is 34.1 Å². The topological polar surface area (TPSA) is 118 Å². The minimum atomic E-state index is -0.579. The van der Waals surface area contributed by atoms with Gasteiger partial charge in [-0.25, -0.2) is 18.2 Å². The zero-order valence-corrected chi connectivity index (χ0v) is 28.8. The second-order valence-corrected chi connectivity index (χ2v) is 12.6. The summed E-state index contributed by atoms with van der Waals surface area (Å²) in [7, 11) is 1.44. The van der Waals surface area contributed by atoms with Crippen molar-refractivity contribution in [3.63, 3.8) is 0 Å². The Hall–Kier alpha value is -5.70. The second kappa shape index (κ2) is 14.9. The number of carbonyl (C=O) groups excluding carboxylic acids is 2. The number of H-pyrrole nitrogens is 1. The van der Waals surface area contributed by atoms with Gasteiger partial charge in [-0.15, -0.1) is 5.53 Å². The van der Waals surface area contributed by atoms with Gasteiger partial charge in [-0.3, -0.25) is 14.6 Å². The molecule has 0 bridgehead atoms. The van der Waals surface area contributed by atoms with E-state index in [-0.39, 0.29) is 53.9 Å². The van der Waals surface area contributed by atoms with Gasteiger partial charge in [-0.2, -0.15) is 0 Å². The largest absolute Gasteiger partial charge is 0.493 e. The molecule has 0 aliphatic carbocycles. The number of para-hydroxylation sites is 1. The van der Waals surface area contributed by atoms with Crippen LogP contribution < -0.4 is 25.3 Å². The van der Waals surface area contributed by atoms with Crippen molar-refractivity contribution in [3.05, 3.63) is 89.8 Å². The Bertz CT molecular complexity index is 2060. The molecule has 52 heavy (non-hydrogen) atoms. The van der Waals surface area contributed by atoms with Crippen LogP contribution in [0.2, 0.25) is 0 Å². The highest BCUT2D eigenvalue weighted by Crippen LogP contribution is 2.41. The first-order valence-corrected chi connectivity index (χ1v) is 17.2. The number of piperazine rings is 1. The molecule has 3 aliphatic heterocycles. The Morgan fingerprint density at radius 1 is 0.981 bits per heavy atom. The summed E-state index contributed by atoms with van der Waals surface area (Å²) in [6.45, 7) is 4.57. The first-order chi connectivity index (χ1) is 25.2. The number of nitrogens with zero attached hydrogens (tertiary/aromatic N) is 5. The van der Waals surface area contributed by atoms with Crippen LogP contribution in [0.1, 0.15) is 35.8 Å². The Labute approximate surface area is 298 Å². The number of nitrogens with one attached hydrogen (secondary N) is 3. The number of pyridine rings is 1. The van der Waals surface area contributed by atoms with Crippen LogP contribution >= 0.6 is 0 Å². The number of rotatable bonds is 10. The van der Waals surface area contributed by atoms with Crippen molar-refractivity contribution in [1.29, 1.82) is 0 Å². The van der Waals surface area contributed by atoms with E-state index in [1.54, 1.807) is 58.4 Å². The zero-order chi connectivity index (χ0) is 36.4. The molecule has 1 saturated heterocycles. The van der Waals surface area contributed by atoms with Crippen molar-refractivity contribution in [3.8, 4) is 22.6 Å². The predicted octanol–water partition coefficient (Wildman–Crippen LogP) is 4.82. The fourth-order valence-corrected chi connectivity index (χ4v) is 6.88. The Kier molecular flexibility index (Phi) is 9.94. The highest BCUT2D eigenvalue weighted by Gasteiger charge is 2.29. The maximum Gasteiger partial charge on any atom is 0.270 e. The molecule has 7 rings (SSSR count). The van der Waals surface area contributed by atoms with Crippen LogP contribution in [0.5, 0.6) is 11.5 Å². The SMILES string of the molecule is CCOc1c(F)cccc1-c1cc(C2=CCCN(C(=O)CCN3C=CNN3)C2)c(F)c2[nH]c(C(=O)N3CCN(c4ncc(F)cc4OC)CC3)cc12. The van der Waals surface area contributed by atoms with Crippen LogP contribution in [0, 0.1) is 17.5 Å². The molecule has 12 nitrogen and oxygen atoms in total. The van der Waals surface area contributed by atoms with Gasteiger partial charge in [0, 0.05) is 87.2 Å². The summed E-state index contributed by atoms with van der Waals surface area (Å²) >= 11 is 0. The lowest BCUT2D eigenvalue weighted by Crippen LogP contribution is -2.49. The van der Waals surface area contributed by atoms with E-state index in [2.05, 4.69) is 20.9 Å². The highest BCUT2D eigenvalue weighted by atomic mass is 19.1. The van der Waals surface area contributed by atoms with E-state index in [1.165, 1.54) is 19.2 Å². The Morgan fingerprint density at radius 2 is 1.81 bits per heavy atom. The van der Waals surface area contributed by atoms with Gasteiger partial charge in [-0.1, -0.05) is 18.2 Å². The summed E-state index contributed by atoms with van der Waals surface area (Å²) in [4.78, 5) is 39.7. The standard InChI is InChI=1S/C37H39F3N8O4/c1-3-52-35-25(7-4-8-29(35)39)27-19-26(23-6-5-11-47(22-23)32(49)9-12-48-13-10-42-44-48)33(40)34-28(27)20-30(43-34)37(50)46-16-14-45(15-17-46)36-31(51-2)18-24(38)21-41-36/h4,6-8,10,13,18-21,42-44H,3,5,9,11-12,14-17,22H2,1-2H3. The lowest BCUT2D eigenvalue weighted by molar-refractivity contribution is -0.131. The lowest BCUT2D eigenvalue weighted by Gasteiger charge is -2.35. The molecule has 0 radical (unpaired) electrons. The molecule has 0 spiro atoms. The number of carbonyl (C=O) groups is 2. The number of amides is 2. The molecule has 15 heteroatoms. The van der Waals surface area contributed by atoms with Crippen LogP contribution in [0.25, 0.3) is 27.6 Å². The van der Waals surface area contributed by atoms with Crippen LogP contribution in [-0.2, 0) is 4.79 Å². The van der Waals surface area contributed by atoms with Gasteiger partial charge in [0.05, 0.1) is 25.4 Å². The van der Waals surface area contributed by atoms with E-state index in [4.69, 9.17) is 9.47 Å². The van der Waals surface area contributed by atoms with E-state index in [0.29, 0.717) is 79.3 Å². The van der Waals surface area contributed by atoms with Crippen molar-refractivity contribution in [2.75, 3.05) is 64.4 Å². The van der Waals surface area contributed by atoms with E-state index < -0.39 is 17.5 Å². The number of fused-ring (bicyclic) bond motifs is 1. The van der Waals surface area contributed by atoms with Crippen molar-refractivity contribution in [1.82, 2.24) is 35.7 Å². The average molecular weight is 717 g/mol. The third-order valence-electron chi connectivity index (χ3n) is 9.48. The van der Waals surface area contributed by atoms with Gasteiger partial charge in [0.15, 0.2) is 29.0 Å². The molecule has 2 amide bonds. The average Bonchev–Trinajstić information content (AvgIpc) is 3.86. The number of methoxy groups -OCH3 is 1. The van der Waals surface area contributed by atoms with Crippen molar-refractivity contribution in [2.24, 2.45) is 0 Å². The highest BCUT2D eigenvalue weighted by molar-refractivity contribution is 6.05. The molecule has 3 aliphatic rings. The first-order valence-electron chi connectivity index (χ1n) is 17.2. The van der Waals surface area contributed by atoms with Gasteiger partial charge < -0.3 is 34.6 Å². The predicted molar refractivity (Wildman–Crippen MR) is 190 cm³/mol.